The smallest absolute Gasteiger partial charge is 0.493 e. The van der Waals surface area contributed by atoms with Crippen LogP contribution in [0.4, 0.5) is 17.6 Å². The maximum Gasteiger partial charge on any atom is 0.573 e. The van der Waals surface area contributed by atoms with E-state index in [1.807, 2.05) is 0 Å². The van der Waals surface area contributed by atoms with Gasteiger partial charge in [-0.25, -0.2) is 4.39 Å². The molecule has 2 fully saturated rings. The predicted molar refractivity (Wildman–Crippen MR) is 109 cm³/mol. The highest BCUT2D eigenvalue weighted by Crippen LogP contribution is 2.42. The molecule has 0 radical (unpaired) electrons. The SMILES string of the molecule is CCCCC1CCC(C2CCC(COc3ccc(OC(F)(F)F)c(F)c3)CC2)CC1. The number of alkyl halides is 3. The van der Waals surface area contributed by atoms with Crippen LogP contribution in [0.3, 0.4) is 0 Å². The molecule has 0 saturated heterocycles. The molecule has 0 aromatic heterocycles. The highest BCUT2D eigenvalue weighted by molar-refractivity contribution is 5.33. The first-order chi connectivity index (χ1) is 14.3. The molecule has 1 aromatic carbocycles. The van der Waals surface area contributed by atoms with Gasteiger partial charge >= 0.3 is 6.36 Å². The van der Waals surface area contributed by atoms with Gasteiger partial charge in [0.1, 0.15) is 5.75 Å². The molecule has 3 rings (SSSR count). The fourth-order valence-corrected chi connectivity index (χ4v) is 5.26. The topological polar surface area (TPSA) is 18.5 Å². The third kappa shape index (κ3) is 7.05. The normalized spacial score (nSPS) is 27.6. The van der Waals surface area contributed by atoms with Crippen LogP contribution in [-0.2, 0) is 0 Å². The van der Waals surface area contributed by atoms with Crippen LogP contribution in [0, 0.1) is 29.5 Å². The van der Waals surface area contributed by atoms with E-state index in [1.54, 1.807) is 0 Å². The lowest BCUT2D eigenvalue weighted by atomic mass is 9.69. The first-order valence-corrected chi connectivity index (χ1v) is 11.5. The molecule has 0 N–H and O–H groups in total. The Morgan fingerprint density at radius 3 is 2.03 bits per heavy atom. The summed E-state index contributed by atoms with van der Waals surface area (Å²) < 4.78 is 59.8. The Labute approximate surface area is 177 Å². The van der Waals surface area contributed by atoms with Gasteiger partial charge in [-0.1, -0.05) is 39.0 Å². The summed E-state index contributed by atoms with van der Waals surface area (Å²) in [5, 5.41) is 0. The summed E-state index contributed by atoms with van der Waals surface area (Å²) in [6.07, 6.45) is 9.38. The van der Waals surface area contributed by atoms with E-state index in [0.717, 1.165) is 42.7 Å². The van der Waals surface area contributed by atoms with E-state index in [-0.39, 0.29) is 5.75 Å². The van der Waals surface area contributed by atoms with Crippen molar-refractivity contribution < 1.29 is 27.0 Å². The van der Waals surface area contributed by atoms with Crippen LogP contribution < -0.4 is 9.47 Å². The lowest BCUT2D eigenvalue weighted by Crippen LogP contribution is -2.27. The van der Waals surface area contributed by atoms with E-state index < -0.39 is 17.9 Å². The van der Waals surface area contributed by atoms with E-state index >= 15 is 0 Å². The standard InChI is InChI=1S/C24H34F4O2/c1-2-3-4-17-5-9-19(10-6-17)20-11-7-18(8-12-20)16-29-21-13-14-23(22(25)15-21)30-24(26,27)28/h13-15,17-20H,2-12,16H2,1H3. The maximum absolute atomic E-state index is 13.8. The maximum atomic E-state index is 13.8. The molecule has 0 unspecified atom stereocenters. The fourth-order valence-electron chi connectivity index (χ4n) is 5.26. The van der Waals surface area contributed by atoms with Gasteiger partial charge in [0.05, 0.1) is 6.61 Å². The Bertz CT molecular complexity index is 645. The lowest BCUT2D eigenvalue weighted by Gasteiger charge is -2.37. The molecule has 0 atom stereocenters. The molecule has 1 aromatic rings. The number of halogens is 4. The number of hydrogen-bond donors (Lipinski definition) is 0. The summed E-state index contributed by atoms with van der Waals surface area (Å²) in [7, 11) is 0. The van der Waals surface area contributed by atoms with Crippen molar-refractivity contribution >= 4 is 0 Å². The molecule has 0 spiro atoms. The van der Waals surface area contributed by atoms with Crippen molar-refractivity contribution in [2.75, 3.05) is 6.61 Å². The van der Waals surface area contributed by atoms with Crippen LogP contribution in [0.25, 0.3) is 0 Å². The van der Waals surface area contributed by atoms with Gasteiger partial charge in [0.2, 0.25) is 0 Å². The van der Waals surface area contributed by atoms with Gasteiger partial charge in [0.25, 0.3) is 0 Å². The third-order valence-electron chi connectivity index (χ3n) is 7.03. The van der Waals surface area contributed by atoms with Gasteiger partial charge in [-0.15, -0.1) is 13.2 Å². The quantitative estimate of drug-likeness (QED) is 0.390. The molecule has 2 aliphatic carbocycles. The first kappa shape index (κ1) is 23.2. The Kier molecular flexibility index (Phi) is 8.29. The van der Waals surface area contributed by atoms with Crippen LogP contribution in [0.15, 0.2) is 18.2 Å². The molecular formula is C24H34F4O2. The minimum atomic E-state index is -4.91. The monoisotopic (exact) mass is 430 g/mol. The Morgan fingerprint density at radius 1 is 0.900 bits per heavy atom. The highest BCUT2D eigenvalue weighted by Gasteiger charge is 2.33. The summed E-state index contributed by atoms with van der Waals surface area (Å²) in [4.78, 5) is 0. The number of hydrogen-bond acceptors (Lipinski definition) is 2. The van der Waals surface area contributed by atoms with E-state index in [2.05, 4.69) is 11.7 Å². The van der Waals surface area contributed by atoms with Crippen LogP contribution in [-0.4, -0.2) is 13.0 Å². The van der Waals surface area contributed by atoms with Crippen molar-refractivity contribution in [2.45, 2.75) is 83.9 Å². The molecule has 0 amide bonds. The van der Waals surface area contributed by atoms with Crippen LogP contribution in [0.5, 0.6) is 11.5 Å². The molecule has 0 aliphatic heterocycles. The summed E-state index contributed by atoms with van der Waals surface area (Å²) in [6, 6.07) is 3.25. The second-order valence-corrected chi connectivity index (χ2v) is 9.15. The predicted octanol–water partition coefficient (Wildman–Crippen LogP) is 7.91. The van der Waals surface area contributed by atoms with Crippen LogP contribution >= 0.6 is 0 Å². The molecule has 2 nitrogen and oxygen atoms in total. The second-order valence-electron chi connectivity index (χ2n) is 9.15. The number of benzene rings is 1. The largest absolute Gasteiger partial charge is 0.573 e. The number of unbranched alkanes of at least 4 members (excludes halogenated alkanes) is 1. The Morgan fingerprint density at radius 2 is 1.50 bits per heavy atom. The van der Waals surface area contributed by atoms with E-state index in [9.17, 15) is 17.6 Å². The molecule has 6 heteroatoms. The molecule has 0 bridgehead atoms. The van der Waals surface area contributed by atoms with Crippen LogP contribution in [0.2, 0.25) is 0 Å². The van der Waals surface area contributed by atoms with E-state index in [0.29, 0.717) is 12.5 Å². The van der Waals surface area contributed by atoms with Gasteiger partial charge < -0.3 is 9.47 Å². The third-order valence-corrected chi connectivity index (χ3v) is 7.03. The summed E-state index contributed by atoms with van der Waals surface area (Å²) in [6.45, 7) is 2.75. The zero-order valence-electron chi connectivity index (χ0n) is 17.9. The minimum absolute atomic E-state index is 0.245. The average molecular weight is 431 g/mol. The van der Waals surface area contributed by atoms with Crippen molar-refractivity contribution in [1.82, 2.24) is 0 Å². The molecule has 170 valence electrons. The van der Waals surface area contributed by atoms with Crippen molar-refractivity contribution in [3.05, 3.63) is 24.0 Å². The van der Waals surface area contributed by atoms with Crippen molar-refractivity contribution in [3.63, 3.8) is 0 Å². The molecule has 0 heterocycles. The van der Waals surface area contributed by atoms with E-state index in [1.165, 1.54) is 63.9 Å². The number of ether oxygens (including phenoxy) is 2. The van der Waals surface area contributed by atoms with Gasteiger partial charge in [0.15, 0.2) is 11.6 Å². The van der Waals surface area contributed by atoms with Crippen LogP contribution in [0.1, 0.15) is 77.6 Å². The fraction of sp³-hybridized carbons (Fsp3) is 0.750. The van der Waals surface area contributed by atoms with Gasteiger partial charge in [-0.05, 0) is 74.3 Å². The first-order valence-electron chi connectivity index (χ1n) is 11.5. The highest BCUT2D eigenvalue weighted by atomic mass is 19.4. The molecule has 2 saturated carbocycles. The molecular weight excluding hydrogens is 396 g/mol. The summed E-state index contributed by atoms with van der Waals surface area (Å²) >= 11 is 0. The summed E-state index contributed by atoms with van der Waals surface area (Å²) in [5.41, 5.74) is 0. The number of rotatable bonds is 8. The van der Waals surface area contributed by atoms with Crippen molar-refractivity contribution in [3.8, 4) is 11.5 Å². The van der Waals surface area contributed by atoms with Gasteiger partial charge in [-0.3, -0.25) is 0 Å². The van der Waals surface area contributed by atoms with Crippen molar-refractivity contribution in [1.29, 1.82) is 0 Å². The zero-order chi connectivity index (χ0) is 21.6. The summed E-state index contributed by atoms with van der Waals surface area (Å²) in [5.74, 6) is 1.41. The Balaban J connectivity index is 1.38. The second kappa shape index (κ2) is 10.7. The average Bonchev–Trinajstić information content (AvgIpc) is 2.72. The van der Waals surface area contributed by atoms with E-state index in [4.69, 9.17) is 4.74 Å². The minimum Gasteiger partial charge on any atom is -0.493 e. The van der Waals surface area contributed by atoms with Gasteiger partial charge in [0, 0.05) is 6.07 Å². The lowest BCUT2D eigenvalue weighted by molar-refractivity contribution is -0.275. The van der Waals surface area contributed by atoms with Crippen molar-refractivity contribution in [2.24, 2.45) is 23.7 Å². The zero-order valence-corrected chi connectivity index (χ0v) is 17.9. The molecule has 30 heavy (non-hydrogen) atoms. The Hall–Kier alpha value is -1.46. The van der Waals surface area contributed by atoms with Gasteiger partial charge in [-0.2, -0.15) is 0 Å². The molecule has 2 aliphatic rings.